The van der Waals surface area contributed by atoms with Gasteiger partial charge in [-0.25, -0.2) is 9.59 Å². The van der Waals surface area contributed by atoms with Crippen LogP contribution in [0.3, 0.4) is 0 Å². The Morgan fingerprint density at radius 1 is 1.27 bits per heavy atom. The van der Waals surface area contributed by atoms with Crippen molar-refractivity contribution in [3.8, 4) is 0 Å². The molecule has 1 aromatic rings. The SMILES string of the molecule is COC(=O)C1=C(C(=O)OC)C2N(C)c3ccc(I)cc3[C@@]23C[C@@H](C)N=C3N1.O=C=O. The van der Waals surface area contributed by atoms with Crippen LogP contribution in [-0.2, 0) is 34.1 Å². The standard InChI is InChI=1S/C19H20IN3O4.CO2/c1-9-8-19-11-7-10(20)5-6-12(11)23(2)15(19)13(16(24)26-3)14(17(25)27-4)22-18(19)21-9;2-1-3/h5-7,9,15H,8H2,1-4H3,(H,21,22);/t9-,15?,19+;/m1./s1. The molecule has 1 N–H and O–H groups in total. The fourth-order valence-electron chi connectivity index (χ4n) is 4.71. The molecule has 0 aliphatic carbocycles. The third-order valence-corrected chi connectivity index (χ3v) is 6.31. The van der Waals surface area contributed by atoms with Gasteiger partial charge in [-0.1, -0.05) is 0 Å². The number of ether oxygens (including phenoxy) is 2. The van der Waals surface area contributed by atoms with Crippen LogP contribution in [0.2, 0.25) is 0 Å². The molecule has 158 valence electrons. The smallest absolute Gasteiger partial charge is 0.373 e. The fourth-order valence-corrected chi connectivity index (χ4v) is 5.20. The van der Waals surface area contributed by atoms with Gasteiger partial charge in [-0.15, -0.1) is 0 Å². The molecule has 0 saturated carbocycles. The van der Waals surface area contributed by atoms with E-state index in [-0.39, 0.29) is 23.5 Å². The zero-order valence-electron chi connectivity index (χ0n) is 16.8. The summed E-state index contributed by atoms with van der Waals surface area (Å²) in [5.74, 6) is -0.439. The van der Waals surface area contributed by atoms with Gasteiger partial charge in [0.1, 0.15) is 11.5 Å². The van der Waals surface area contributed by atoms with Gasteiger partial charge in [0.05, 0.1) is 37.3 Å². The summed E-state index contributed by atoms with van der Waals surface area (Å²) in [6.45, 7) is 2.04. The number of nitrogens with zero attached hydrogens (tertiary/aromatic N) is 2. The molecule has 0 aromatic heterocycles. The molecule has 3 aliphatic heterocycles. The third kappa shape index (κ3) is 3.10. The van der Waals surface area contributed by atoms with Crippen LogP contribution in [0.4, 0.5) is 5.69 Å². The van der Waals surface area contributed by atoms with E-state index < -0.39 is 23.4 Å². The lowest BCUT2D eigenvalue weighted by Crippen LogP contribution is -2.59. The quantitative estimate of drug-likeness (QED) is 0.452. The second-order valence-electron chi connectivity index (χ2n) is 7.16. The van der Waals surface area contributed by atoms with Gasteiger partial charge >= 0.3 is 18.1 Å². The van der Waals surface area contributed by atoms with Crippen LogP contribution in [0.1, 0.15) is 18.9 Å². The second kappa shape index (κ2) is 8.19. The number of carbonyl (C=O) groups is 2. The zero-order valence-corrected chi connectivity index (χ0v) is 19.0. The minimum absolute atomic E-state index is 0.0584. The Bertz CT molecular complexity index is 1010. The number of halogens is 1. The van der Waals surface area contributed by atoms with E-state index >= 15 is 0 Å². The largest absolute Gasteiger partial charge is 0.466 e. The first kappa shape index (κ1) is 22.0. The molecule has 10 heteroatoms. The molecular weight excluding hydrogens is 505 g/mol. The lowest BCUT2D eigenvalue weighted by molar-refractivity contribution is -0.191. The Kier molecular flexibility index (Phi) is 6.00. The number of hydrogen-bond donors (Lipinski definition) is 1. The van der Waals surface area contributed by atoms with Crippen molar-refractivity contribution in [3.05, 3.63) is 38.6 Å². The molecule has 0 fully saturated rings. The highest BCUT2D eigenvalue weighted by Gasteiger charge is 2.62. The van der Waals surface area contributed by atoms with Crippen molar-refractivity contribution in [2.45, 2.75) is 30.8 Å². The molecule has 3 atom stereocenters. The molecule has 3 aliphatic rings. The van der Waals surface area contributed by atoms with Gasteiger partial charge in [-0.3, -0.25) is 4.99 Å². The van der Waals surface area contributed by atoms with Crippen LogP contribution in [0.15, 0.2) is 34.5 Å². The number of carbonyl (C=O) groups excluding carboxylic acids is 4. The minimum atomic E-state index is -0.606. The van der Waals surface area contributed by atoms with Crippen LogP contribution in [0, 0.1) is 3.57 Å². The molecule has 30 heavy (non-hydrogen) atoms. The molecule has 1 spiro atoms. The van der Waals surface area contributed by atoms with Crippen LogP contribution in [-0.4, -0.2) is 57.3 Å². The summed E-state index contributed by atoms with van der Waals surface area (Å²) in [4.78, 5) is 48.3. The topological polar surface area (TPSA) is 114 Å². The maximum atomic E-state index is 12.8. The first-order valence-corrected chi connectivity index (χ1v) is 10.1. The summed E-state index contributed by atoms with van der Waals surface area (Å²) >= 11 is 2.29. The normalized spacial score (nSPS) is 25.5. The summed E-state index contributed by atoms with van der Waals surface area (Å²) in [6, 6.07) is 5.90. The number of hydrogen-bond acceptors (Lipinski definition) is 9. The Balaban J connectivity index is 0.000000806. The highest BCUT2D eigenvalue weighted by atomic mass is 127. The number of esters is 2. The number of rotatable bonds is 2. The van der Waals surface area contributed by atoms with E-state index in [1.54, 1.807) is 0 Å². The van der Waals surface area contributed by atoms with E-state index in [1.165, 1.54) is 14.2 Å². The number of likely N-dealkylation sites (N-methyl/N-ethyl adjacent to an activating group) is 1. The van der Waals surface area contributed by atoms with Crippen molar-refractivity contribution in [3.63, 3.8) is 0 Å². The molecule has 0 amide bonds. The third-order valence-electron chi connectivity index (χ3n) is 5.64. The van der Waals surface area contributed by atoms with Crippen LogP contribution < -0.4 is 10.2 Å². The lowest BCUT2D eigenvalue weighted by atomic mass is 9.68. The number of benzene rings is 1. The zero-order chi connectivity index (χ0) is 22.2. The van der Waals surface area contributed by atoms with E-state index in [0.717, 1.165) is 21.2 Å². The number of nitrogens with one attached hydrogen (secondary N) is 1. The van der Waals surface area contributed by atoms with Crippen molar-refractivity contribution in [1.29, 1.82) is 0 Å². The van der Waals surface area contributed by atoms with Crippen molar-refractivity contribution < 1.29 is 28.7 Å². The summed E-state index contributed by atoms with van der Waals surface area (Å²) in [5, 5.41) is 3.13. The monoisotopic (exact) mass is 525 g/mol. The summed E-state index contributed by atoms with van der Waals surface area (Å²) in [5.41, 5.74) is 2.00. The number of aliphatic imine (C=N–C) groups is 1. The van der Waals surface area contributed by atoms with E-state index in [4.69, 9.17) is 24.1 Å². The Hall–Kier alpha value is -2.72. The predicted molar refractivity (Wildman–Crippen MR) is 114 cm³/mol. The van der Waals surface area contributed by atoms with Gasteiger partial charge in [0, 0.05) is 16.3 Å². The van der Waals surface area contributed by atoms with Crippen molar-refractivity contribution in [2.75, 3.05) is 26.2 Å². The average Bonchev–Trinajstić information content (AvgIpc) is 3.18. The predicted octanol–water partition coefficient (Wildman–Crippen LogP) is 1.16. The van der Waals surface area contributed by atoms with Gasteiger partial charge in [0.2, 0.25) is 0 Å². The van der Waals surface area contributed by atoms with Crippen molar-refractivity contribution >= 4 is 52.2 Å². The molecule has 0 bridgehead atoms. The Morgan fingerprint density at radius 3 is 2.50 bits per heavy atom. The Morgan fingerprint density at radius 2 is 1.90 bits per heavy atom. The fraction of sp³-hybridized carbons (Fsp3) is 0.400. The molecule has 4 rings (SSSR count). The lowest BCUT2D eigenvalue weighted by Gasteiger charge is -2.41. The summed E-state index contributed by atoms with van der Waals surface area (Å²) in [7, 11) is 4.56. The van der Waals surface area contributed by atoms with Crippen LogP contribution >= 0.6 is 22.6 Å². The maximum absolute atomic E-state index is 12.8. The first-order chi connectivity index (χ1) is 14.3. The molecule has 3 heterocycles. The highest BCUT2D eigenvalue weighted by molar-refractivity contribution is 14.1. The second-order valence-corrected chi connectivity index (χ2v) is 8.40. The van der Waals surface area contributed by atoms with Gasteiger partial charge < -0.3 is 19.7 Å². The molecular formula is C20H20IN3O6. The number of fused-ring (bicyclic) bond motifs is 1. The van der Waals surface area contributed by atoms with E-state index in [2.05, 4.69) is 44.9 Å². The average molecular weight is 525 g/mol. The number of methoxy groups -OCH3 is 2. The minimum Gasteiger partial charge on any atom is -0.466 e. The van der Waals surface area contributed by atoms with Gasteiger partial charge in [-0.05, 0) is 59.7 Å². The molecule has 0 radical (unpaired) electrons. The van der Waals surface area contributed by atoms with Crippen molar-refractivity contribution in [1.82, 2.24) is 5.32 Å². The molecule has 1 unspecified atom stereocenters. The molecule has 0 saturated heterocycles. The first-order valence-electron chi connectivity index (χ1n) is 9.05. The van der Waals surface area contributed by atoms with Gasteiger partial charge in [-0.2, -0.15) is 9.59 Å². The molecule has 9 nitrogen and oxygen atoms in total. The van der Waals surface area contributed by atoms with Crippen molar-refractivity contribution in [2.24, 2.45) is 4.99 Å². The summed E-state index contributed by atoms with van der Waals surface area (Å²) < 4.78 is 11.1. The maximum Gasteiger partial charge on any atom is 0.373 e. The van der Waals surface area contributed by atoms with Crippen LogP contribution in [0.5, 0.6) is 0 Å². The van der Waals surface area contributed by atoms with Gasteiger partial charge in [0.25, 0.3) is 0 Å². The Labute approximate surface area is 186 Å². The highest BCUT2D eigenvalue weighted by Crippen LogP contribution is 2.55. The van der Waals surface area contributed by atoms with E-state index in [0.29, 0.717) is 5.84 Å². The number of amidine groups is 1. The molecule has 1 aromatic carbocycles. The van der Waals surface area contributed by atoms with E-state index in [1.807, 2.05) is 20.0 Å². The van der Waals surface area contributed by atoms with E-state index in [9.17, 15) is 9.59 Å². The summed E-state index contributed by atoms with van der Waals surface area (Å²) in [6.07, 6.45) is 0.992. The van der Waals surface area contributed by atoms with Gasteiger partial charge in [0.15, 0.2) is 0 Å². The number of anilines is 1. The van der Waals surface area contributed by atoms with Crippen LogP contribution in [0.25, 0.3) is 0 Å².